The van der Waals surface area contributed by atoms with E-state index >= 15 is 0 Å². The zero-order valence-electron chi connectivity index (χ0n) is 9.91. The van der Waals surface area contributed by atoms with E-state index < -0.39 is 0 Å². The average Bonchev–Trinajstić information content (AvgIpc) is 2.69. The maximum absolute atomic E-state index is 12.2. The van der Waals surface area contributed by atoms with Crippen LogP contribution in [-0.2, 0) is 0 Å². The van der Waals surface area contributed by atoms with Crippen molar-refractivity contribution < 1.29 is 4.79 Å². The zero-order chi connectivity index (χ0) is 10.8. The quantitative estimate of drug-likeness (QED) is 0.602. The van der Waals surface area contributed by atoms with Gasteiger partial charge in [0.1, 0.15) is 0 Å². The molecule has 2 saturated heterocycles. The number of amides is 2. The number of carbonyl (C=O) groups is 1. The highest BCUT2D eigenvalue weighted by Crippen LogP contribution is 2.24. The lowest BCUT2D eigenvalue weighted by atomic mass is 9.94. The van der Waals surface area contributed by atoms with Gasteiger partial charge in [0.05, 0.1) is 0 Å². The SMILES string of the molecule is CC1CCN(C(=O)N2CCCC2)C(C)C1. The number of carbonyl (C=O) groups excluding carboxylic acids is 1. The van der Waals surface area contributed by atoms with Gasteiger partial charge in [-0.2, -0.15) is 0 Å². The van der Waals surface area contributed by atoms with E-state index in [0.717, 1.165) is 25.6 Å². The number of piperidine rings is 1. The minimum absolute atomic E-state index is 0.284. The lowest BCUT2D eigenvalue weighted by Gasteiger charge is -2.38. The molecular weight excluding hydrogens is 188 g/mol. The molecule has 0 aromatic carbocycles. The van der Waals surface area contributed by atoms with Crippen LogP contribution in [0.2, 0.25) is 0 Å². The van der Waals surface area contributed by atoms with Gasteiger partial charge in [0.25, 0.3) is 0 Å². The van der Waals surface area contributed by atoms with Gasteiger partial charge < -0.3 is 9.80 Å². The van der Waals surface area contributed by atoms with Gasteiger partial charge in [-0.1, -0.05) is 6.92 Å². The number of urea groups is 1. The van der Waals surface area contributed by atoms with Crippen molar-refractivity contribution in [2.45, 2.75) is 45.6 Å². The summed E-state index contributed by atoms with van der Waals surface area (Å²) >= 11 is 0. The fraction of sp³-hybridized carbons (Fsp3) is 0.917. The van der Waals surface area contributed by atoms with Crippen molar-refractivity contribution in [1.82, 2.24) is 9.80 Å². The number of hydrogen-bond acceptors (Lipinski definition) is 1. The molecule has 0 spiro atoms. The Morgan fingerprint density at radius 3 is 2.40 bits per heavy atom. The third-order valence-corrected chi connectivity index (χ3v) is 3.76. The summed E-state index contributed by atoms with van der Waals surface area (Å²) in [6.07, 6.45) is 4.71. The first-order valence-corrected chi connectivity index (χ1v) is 6.24. The van der Waals surface area contributed by atoms with Crippen LogP contribution < -0.4 is 0 Å². The molecule has 2 fully saturated rings. The second-order valence-corrected chi connectivity index (χ2v) is 5.15. The summed E-state index contributed by atoms with van der Waals surface area (Å²) < 4.78 is 0. The molecule has 0 aromatic rings. The molecule has 3 nitrogen and oxygen atoms in total. The minimum Gasteiger partial charge on any atom is -0.325 e. The fourth-order valence-electron chi connectivity index (χ4n) is 2.78. The van der Waals surface area contributed by atoms with Gasteiger partial charge >= 0.3 is 6.03 Å². The Kier molecular flexibility index (Phi) is 3.17. The Balaban J connectivity index is 1.94. The summed E-state index contributed by atoms with van der Waals surface area (Å²) in [7, 11) is 0. The summed E-state index contributed by atoms with van der Waals surface area (Å²) in [5.41, 5.74) is 0. The van der Waals surface area contributed by atoms with Crippen molar-refractivity contribution in [3.05, 3.63) is 0 Å². The molecular formula is C12H22N2O. The highest BCUT2D eigenvalue weighted by molar-refractivity contribution is 5.75. The zero-order valence-corrected chi connectivity index (χ0v) is 9.91. The molecule has 2 amide bonds. The van der Waals surface area contributed by atoms with Crippen LogP contribution in [-0.4, -0.2) is 41.5 Å². The number of likely N-dealkylation sites (tertiary alicyclic amines) is 2. The van der Waals surface area contributed by atoms with Crippen LogP contribution >= 0.6 is 0 Å². The van der Waals surface area contributed by atoms with E-state index in [9.17, 15) is 4.79 Å². The van der Waals surface area contributed by atoms with Crippen molar-refractivity contribution in [3.8, 4) is 0 Å². The first-order valence-electron chi connectivity index (χ1n) is 6.24. The first kappa shape index (κ1) is 10.8. The van der Waals surface area contributed by atoms with Crippen molar-refractivity contribution in [1.29, 1.82) is 0 Å². The van der Waals surface area contributed by atoms with Crippen molar-refractivity contribution >= 4 is 6.03 Å². The van der Waals surface area contributed by atoms with E-state index in [2.05, 4.69) is 18.7 Å². The highest BCUT2D eigenvalue weighted by Gasteiger charge is 2.30. The average molecular weight is 210 g/mol. The van der Waals surface area contributed by atoms with Crippen LogP contribution in [0.4, 0.5) is 4.79 Å². The Hall–Kier alpha value is -0.730. The molecule has 0 aliphatic carbocycles. The van der Waals surface area contributed by atoms with Crippen LogP contribution in [0.1, 0.15) is 39.5 Å². The van der Waals surface area contributed by atoms with Gasteiger partial charge in [0.15, 0.2) is 0 Å². The summed E-state index contributed by atoms with van der Waals surface area (Å²) in [6, 6.07) is 0.716. The summed E-state index contributed by atoms with van der Waals surface area (Å²) in [5, 5.41) is 0. The van der Waals surface area contributed by atoms with Crippen LogP contribution in [0, 0.1) is 5.92 Å². The standard InChI is InChI=1S/C12H22N2O/c1-10-5-8-14(11(2)9-10)12(15)13-6-3-4-7-13/h10-11H,3-9H2,1-2H3. The molecule has 0 N–H and O–H groups in total. The molecule has 2 rings (SSSR count). The van der Waals surface area contributed by atoms with Crippen LogP contribution in [0.25, 0.3) is 0 Å². The fourth-order valence-corrected chi connectivity index (χ4v) is 2.78. The third kappa shape index (κ3) is 2.27. The molecule has 3 heteroatoms. The first-order chi connectivity index (χ1) is 7.18. The van der Waals surface area contributed by atoms with E-state index in [1.807, 2.05) is 4.90 Å². The normalized spacial score (nSPS) is 32.1. The summed E-state index contributed by atoms with van der Waals surface area (Å²) in [6.45, 7) is 7.37. The van der Waals surface area contributed by atoms with Gasteiger partial charge in [-0.3, -0.25) is 0 Å². The number of nitrogens with zero attached hydrogens (tertiary/aromatic N) is 2. The van der Waals surface area contributed by atoms with Gasteiger partial charge in [0.2, 0.25) is 0 Å². The van der Waals surface area contributed by atoms with Crippen LogP contribution in [0.5, 0.6) is 0 Å². The predicted molar refractivity (Wildman–Crippen MR) is 60.8 cm³/mol. The Morgan fingerprint density at radius 1 is 1.13 bits per heavy atom. The lowest BCUT2D eigenvalue weighted by molar-refractivity contribution is 0.114. The molecule has 0 saturated carbocycles. The molecule has 2 aliphatic heterocycles. The molecule has 2 unspecified atom stereocenters. The van der Waals surface area contributed by atoms with Crippen LogP contribution in [0.3, 0.4) is 0 Å². The second-order valence-electron chi connectivity index (χ2n) is 5.15. The molecule has 0 radical (unpaired) electrons. The molecule has 2 atom stereocenters. The van der Waals surface area contributed by atoms with Crippen LogP contribution in [0.15, 0.2) is 0 Å². The largest absolute Gasteiger partial charge is 0.325 e. The smallest absolute Gasteiger partial charge is 0.320 e. The summed E-state index contributed by atoms with van der Waals surface area (Å²) in [4.78, 5) is 16.3. The molecule has 86 valence electrons. The van der Waals surface area contributed by atoms with E-state index in [1.54, 1.807) is 0 Å². The molecule has 15 heavy (non-hydrogen) atoms. The lowest BCUT2D eigenvalue weighted by Crippen LogP contribution is -2.49. The molecule has 2 heterocycles. The highest BCUT2D eigenvalue weighted by atomic mass is 16.2. The van der Waals surface area contributed by atoms with Crippen molar-refractivity contribution in [2.75, 3.05) is 19.6 Å². The number of hydrogen-bond donors (Lipinski definition) is 0. The monoisotopic (exact) mass is 210 g/mol. The maximum atomic E-state index is 12.2. The summed E-state index contributed by atoms with van der Waals surface area (Å²) in [5.74, 6) is 0.780. The number of rotatable bonds is 0. The van der Waals surface area contributed by atoms with Gasteiger partial charge in [-0.05, 0) is 38.5 Å². The second kappa shape index (κ2) is 4.42. The van der Waals surface area contributed by atoms with E-state index in [4.69, 9.17) is 0 Å². The Labute approximate surface area is 92.4 Å². The van der Waals surface area contributed by atoms with E-state index in [0.29, 0.717) is 6.04 Å². The van der Waals surface area contributed by atoms with Crippen molar-refractivity contribution in [2.24, 2.45) is 5.92 Å². The van der Waals surface area contributed by atoms with Crippen molar-refractivity contribution in [3.63, 3.8) is 0 Å². The maximum Gasteiger partial charge on any atom is 0.320 e. The molecule has 0 aromatic heterocycles. The van der Waals surface area contributed by atoms with E-state index in [1.165, 1.54) is 25.7 Å². The minimum atomic E-state index is 0.284. The Morgan fingerprint density at radius 2 is 1.80 bits per heavy atom. The molecule has 2 aliphatic rings. The third-order valence-electron chi connectivity index (χ3n) is 3.76. The predicted octanol–water partition coefficient (Wildman–Crippen LogP) is 2.32. The van der Waals surface area contributed by atoms with E-state index in [-0.39, 0.29) is 6.03 Å². The Bertz CT molecular complexity index is 236. The topological polar surface area (TPSA) is 23.6 Å². The van der Waals surface area contributed by atoms with Gasteiger partial charge in [-0.15, -0.1) is 0 Å². The molecule has 0 bridgehead atoms. The van der Waals surface area contributed by atoms with Gasteiger partial charge in [-0.25, -0.2) is 4.79 Å². The van der Waals surface area contributed by atoms with Gasteiger partial charge in [0, 0.05) is 25.7 Å².